The van der Waals surface area contributed by atoms with Crippen molar-refractivity contribution in [2.24, 2.45) is 0 Å². The Morgan fingerprint density at radius 3 is 1.91 bits per heavy atom. The van der Waals surface area contributed by atoms with Gasteiger partial charge in [-0.05, 0) is 112 Å². The molecule has 0 fully saturated rings. The molecule has 11 rings (SSSR count). The van der Waals surface area contributed by atoms with Crippen LogP contribution in [0.25, 0.3) is 99.7 Å². The topological polar surface area (TPSA) is 31.2 Å². The average Bonchev–Trinajstić information content (AvgIpc) is 3.92. The van der Waals surface area contributed by atoms with Gasteiger partial charge in [-0.1, -0.05) is 130 Å². The first-order chi connectivity index (χ1) is 27.7. The van der Waals surface area contributed by atoms with Crippen molar-refractivity contribution in [2.75, 3.05) is 0 Å². The Bertz CT molecular complexity index is 3260. The second kappa shape index (κ2) is 13.6. The Balaban J connectivity index is 0.00000189. The molecule has 0 bridgehead atoms. The first-order valence-corrected chi connectivity index (χ1v) is 19.4. The van der Waals surface area contributed by atoms with E-state index in [1.807, 2.05) is 32.1 Å². The molecule has 0 saturated heterocycles. The van der Waals surface area contributed by atoms with Crippen LogP contribution in [0, 0.1) is 0 Å². The van der Waals surface area contributed by atoms with E-state index in [0.29, 0.717) is 0 Å². The standard InChI is InChI=1S/C51H33NO2.C2H6/c1-2-32-16-22-48-43(27-32)41-20-15-34(28-51(41)54-48)25-33-9-8-12-36(26-33)38-18-23-49-44(30-38)45-31-39(19-24-50(45)53-49)52-46-14-7-6-13-40(46)42-29-37(17-21-47(42)52)35-10-4-3-5-11-35;1-2/h2-24,26-31H,1,25H2;1-2H3. The van der Waals surface area contributed by atoms with Gasteiger partial charge in [-0.15, -0.1) is 0 Å². The summed E-state index contributed by atoms with van der Waals surface area (Å²) >= 11 is 0. The Kier molecular flexibility index (Phi) is 8.15. The lowest BCUT2D eigenvalue weighted by molar-refractivity contribution is 0.668. The second-order valence-corrected chi connectivity index (χ2v) is 14.2. The summed E-state index contributed by atoms with van der Waals surface area (Å²) in [5.41, 5.74) is 15.4. The summed E-state index contributed by atoms with van der Waals surface area (Å²) in [5, 5.41) is 6.95. The highest BCUT2D eigenvalue weighted by atomic mass is 16.3. The number of aromatic nitrogens is 1. The van der Waals surface area contributed by atoms with E-state index in [-0.39, 0.29) is 0 Å². The number of hydrogen-bond acceptors (Lipinski definition) is 2. The highest BCUT2D eigenvalue weighted by Crippen LogP contribution is 2.38. The molecular formula is C53H39NO2. The molecule has 3 heterocycles. The summed E-state index contributed by atoms with van der Waals surface area (Å²) in [7, 11) is 0. The normalized spacial score (nSPS) is 11.5. The van der Waals surface area contributed by atoms with Gasteiger partial charge in [0.2, 0.25) is 0 Å². The molecule has 56 heavy (non-hydrogen) atoms. The summed E-state index contributed by atoms with van der Waals surface area (Å²) in [5.74, 6) is 0. The van der Waals surface area contributed by atoms with Gasteiger partial charge in [-0.2, -0.15) is 0 Å². The van der Waals surface area contributed by atoms with Crippen molar-refractivity contribution in [1.82, 2.24) is 4.57 Å². The van der Waals surface area contributed by atoms with Gasteiger partial charge in [-0.25, -0.2) is 0 Å². The van der Waals surface area contributed by atoms with Crippen molar-refractivity contribution < 1.29 is 8.83 Å². The maximum absolute atomic E-state index is 6.40. The third-order valence-corrected chi connectivity index (χ3v) is 11.0. The molecule has 3 aromatic heterocycles. The van der Waals surface area contributed by atoms with Crippen molar-refractivity contribution in [3.63, 3.8) is 0 Å². The number of fused-ring (bicyclic) bond motifs is 9. The minimum Gasteiger partial charge on any atom is -0.456 e. The van der Waals surface area contributed by atoms with Crippen LogP contribution in [0.3, 0.4) is 0 Å². The van der Waals surface area contributed by atoms with Gasteiger partial charge in [0.05, 0.1) is 11.0 Å². The quantitative estimate of drug-likeness (QED) is 0.171. The van der Waals surface area contributed by atoms with Crippen LogP contribution in [0.2, 0.25) is 0 Å². The molecule has 0 aliphatic rings. The van der Waals surface area contributed by atoms with E-state index >= 15 is 0 Å². The molecule has 0 atom stereocenters. The van der Waals surface area contributed by atoms with Gasteiger partial charge in [0, 0.05) is 38.0 Å². The van der Waals surface area contributed by atoms with Gasteiger partial charge in [0.15, 0.2) is 0 Å². The van der Waals surface area contributed by atoms with Crippen molar-refractivity contribution in [2.45, 2.75) is 20.3 Å². The Morgan fingerprint density at radius 2 is 1.05 bits per heavy atom. The van der Waals surface area contributed by atoms with Crippen molar-refractivity contribution in [3.05, 3.63) is 193 Å². The lowest BCUT2D eigenvalue weighted by Gasteiger charge is -2.09. The van der Waals surface area contributed by atoms with Gasteiger partial charge >= 0.3 is 0 Å². The third kappa shape index (κ3) is 5.59. The summed E-state index contributed by atoms with van der Waals surface area (Å²) in [4.78, 5) is 0. The van der Waals surface area contributed by atoms with Gasteiger partial charge < -0.3 is 13.4 Å². The van der Waals surface area contributed by atoms with E-state index < -0.39 is 0 Å². The zero-order valence-electron chi connectivity index (χ0n) is 31.4. The Morgan fingerprint density at radius 1 is 0.429 bits per heavy atom. The number of para-hydroxylation sites is 1. The fourth-order valence-electron chi connectivity index (χ4n) is 8.32. The van der Waals surface area contributed by atoms with Crippen LogP contribution in [0.15, 0.2) is 185 Å². The first-order valence-electron chi connectivity index (χ1n) is 19.4. The summed E-state index contributed by atoms with van der Waals surface area (Å²) in [6.07, 6.45) is 2.68. The fourth-order valence-corrected chi connectivity index (χ4v) is 8.32. The summed E-state index contributed by atoms with van der Waals surface area (Å²) in [6, 6.07) is 60.9. The summed E-state index contributed by atoms with van der Waals surface area (Å²) < 4.78 is 15.0. The molecule has 0 spiro atoms. The number of furan rings is 2. The molecule has 8 aromatic carbocycles. The predicted octanol–water partition coefficient (Wildman–Crippen LogP) is 15.2. The van der Waals surface area contributed by atoms with E-state index in [1.165, 1.54) is 49.6 Å². The van der Waals surface area contributed by atoms with Crippen LogP contribution < -0.4 is 0 Å². The van der Waals surface area contributed by atoms with E-state index in [2.05, 4.69) is 169 Å². The lowest BCUT2D eigenvalue weighted by atomic mass is 9.97. The minimum absolute atomic E-state index is 0.810. The molecular weight excluding hydrogens is 683 g/mol. The van der Waals surface area contributed by atoms with Gasteiger partial charge in [0.1, 0.15) is 22.3 Å². The highest BCUT2D eigenvalue weighted by molar-refractivity contribution is 6.12. The molecule has 3 heteroatoms. The van der Waals surface area contributed by atoms with Crippen LogP contribution in [-0.4, -0.2) is 4.57 Å². The molecule has 0 aliphatic carbocycles. The first kappa shape index (κ1) is 33.5. The molecule has 0 amide bonds. The van der Waals surface area contributed by atoms with Crippen molar-refractivity contribution in [3.8, 4) is 27.9 Å². The maximum atomic E-state index is 6.40. The van der Waals surface area contributed by atoms with Crippen LogP contribution in [0.4, 0.5) is 0 Å². The molecule has 0 aliphatic heterocycles. The Labute approximate surface area is 325 Å². The van der Waals surface area contributed by atoms with Crippen LogP contribution >= 0.6 is 0 Å². The van der Waals surface area contributed by atoms with E-state index in [0.717, 1.165) is 67.1 Å². The van der Waals surface area contributed by atoms with Crippen molar-refractivity contribution in [1.29, 1.82) is 0 Å². The number of benzene rings is 8. The largest absolute Gasteiger partial charge is 0.456 e. The molecule has 268 valence electrons. The number of hydrogen-bond donors (Lipinski definition) is 0. The van der Waals surface area contributed by atoms with E-state index in [9.17, 15) is 0 Å². The van der Waals surface area contributed by atoms with Crippen molar-refractivity contribution >= 4 is 71.8 Å². The second-order valence-electron chi connectivity index (χ2n) is 14.2. The highest BCUT2D eigenvalue weighted by Gasteiger charge is 2.16. The third-order valence-electron chi connectivity index (χ3n) is 11.0. The smallest absolute Gasteiger partial charge is 0.135 e. The number of nitrogens with zero attached hydrogens (tertiary/aromatic N) is 1. The van der Waals surface area contributed by atoms with Crippen LogP contribution in [-0.2, 0) is 6.42 Å². The van der Waals surface area contributed by atoms with Gasteiger partial charge in [0.25, 0.3) is 0 Å². The van der Waals surface area contributed by atoms with E-state index in [1.54, 1.807) is 0 Å². The number of rotatable bonds is 6. The maximum Gasteiger partial charge on any atom is 0.135 e. The Hall–Kier alpha value is -7.10. The molecule has 0 radical (unpaired) electrons. The molecule has 11 aromatic rings. The summed E-state index contributed by atoms with van der Waals surface area (Å²) in [6.45, 7) is 7.92. The average molecular weight is 722 g/mol. The fraction of sp³-hybridized carbons (Fsp3) is 0.0566. The molecule has 0 unspecified atom stereocenters. The SMILES string of the molecule is C=Cc1ccc2oc3cc(Cc4cccc(-c5ccc6oc7ccc(-n8c9ccccc9c9cc(-c%10ccccc%10)ccc98)cc7c6c5)c4)ccc3c2c1.CC. The zero-order valence-corrected chi connectivity index (χ0v) is 31.4. The molecule has 0 saturated carbocycles. The van der Waals surface area contributed by atoms with Gasteiger partial charge in [-0.3, -0.25) is 0 Å². The molecule has 0 N–H and O–H groups in total. The van der Waals surface area contributed by atoms with Crippen LogP contribution in [0.5, 0.6) is 0 Å². The van der Waals surface area contributed by atoms with E-state index in [4.69, 9.17) is 8.83 Å². The lowest BCUT2D eigenvalue weighted by Crippen LogP contribution is -1.93. The minimum atomic E-state index is 0.810. The predicted molar refractivity (Wildman–Crippen MR) is 237 cm³/mol. The molecule has 3 nitrogen and oxygen atoms in total. The zero-order chi connectivity index (χ0) is 37.8. The monoisotopic (exact) mass is 721 g/mol. The van der Waals surface area contributed by atoms with Crippen LogP contribution in [0.1, 0.15) is 30.5 Å².